The first-order valence-electron chi connectivity index (χ1n) is 11.6. The number of aromatic nitrogens is 4. The maximum atomic E-state index is 13.4. The number of fused-ring (bicyclic) bond motifs is 1. The van der Waals surface area contributed by atoms with Crippen LogP contribution in [0, 0.1) is 11.2 Å². The van der Waals surface area contributed by atoms with Gasteiger partial charge in [-0.2, -0.15) is 5.10 Å². The van der Waals surface area contributed by atoms with E-state index in [1.54, 1.807) is 12.1 Å². The molecule has 1 saturated heterocycles. The Morgan fingerprint density at radius 1 is 1.11 bits per heavy atom. The number of halogens is 1. The number of benzene rings is 2. The average Bonchev–Trinajstić information content (AvgIpc) is 2.85. The third-order valence-corrected chi connectivity index (χ3v) is 6.66. The second-order valence-corrected chi connectivity index (χ2v) is 9.40. The fourth-order valence-corrected chi connectivity index (χ4v) is 4.56. The zero-order valence-electron chi connectivity index (χ0n) is 19.7. The number of nitrogens with zero attached hydrogens (tertiary/aromatic N) is 4. The van der Waals surface area contributed by atoms with Crippen molar-refractivity contribution < 1.29 is 14.3 Å². The van der Waals surface area contributed by atoms with Crippen molar-refractivity contribution >= 4 is 34.1 Å². The lowest BCUT2D eigenvalue weighted by Crippen LogP contribution is -2.39. The molecule has 1 aliphatic heterocycles. The molecule has 9 nitrogen and oxygen atoms in total. The minimum atomic E-state index is -0.754. The average molecular weight is 489 g/mol. The molecule has 0 spiro atoms. The number of rotatable bonds is 6. The minimum Gasteiger partial charge on any atom is -0.481 e. The Morgan fingerprint density at radius 3 is 2.47 bits per heavy atom. The fraction of sp³-hybridized carbons (Fsp3) is 0.269. The molecular weight excluding hydrogens is 463 g/mol. The number of H-pyrrole nitrogens is 1. The van der Waals surface area contributed by atoms with Gasteiger partial charge in [0.05, 0.1) is 12.6 Å². The van der Waals surface area contributed by atoms with E-state index in [1.165, 1.54) is 18.3 Å². The molecule has 36 heavy (non-hydrogen) atoms. The summed E-state index contributed by atoms with van der Waals surface area (Å²) >= 11 is 0. The normalized spacial score (nSPS) is 15.1. The van der Waals surface area contributed by atoms with Gasteiger partial charge < -0.3 is 15.3 Å². The molecule has 0 radical (unpaired) electrons. The van der Waals surface area contributed by atoms with Gasteiger partial charge in [0, 0.05) is 30.0 Å². The van der Waals surface area contributed by atoms with Crippen LogP contribution < -0.4 is 15.8 Å². The van der Waals surface area contributed by atoms with E-state index in [4.69, 9.17) is 0 Å². The van der Waals surface area contributed by atoms with Crippen molar-refractivity contribution in [3.05, 3.63) is 70.9 Å². The Morgan fingerprint density at radius 2 is 1.81 bits per heavy atom. The molecule has 0 atom stereocenters. The number of hydrogen-bond acceptors (Lipinski definition) is 7. The molecule has 3 heterocycles. The SMILES string of the molecule is CC1(CC(=O)O)CCN(c2ccc(Nc3nc(-c4ccc(F)cc4)nc4cn[nH]c(=O)c34)cc2)CC1. The first-order chi connectivity index (χ1) is 17.3. The van der Waals surface area contributed by atoms with Crippen LogP contribution in [0.3, 0.4) is 0 Å². The lowest BCUT2D eigenvalue weighted by atomic mass is 9.77. The van der Waals surface area contributed by atoms with Gasteiger partial charge in [0.25, 0.3) is 5.56 Å². The lowest BCUT2D eigenvalue weighted by molar-refractivity contribution is -0.139. The zero-order valence-corrected chi connectivity index (χ0v) is 19.7. The summed E-state index contributed by atoms with van der Waals surface area (Å²) in [5.41, 5.74) is 2.14. The van der Waals surface area contributed by atoms with Crippen molar-refractivity contribution in [2.24, 2.45) is 5.41 Å². The van der Waals surface area contributed by atoms with Gasteiger partial charge >= 0.3 is 5.97 Å². The van der Waals surface area contributed by atoms with Crippen LogP contribution in [-0.2, 0) is 4.79 Å². The van der Waals surface area contributed by atoms with Crippen molar-refractivity contribution in [3.8, 4) is 11.4 Å². The summed E-state index contributed by atoms with van der Waals surface area (Å²) < 4.78 is 13.4. The van der Waals surface area contributed by atoms with E-state index in [9.17, 15) is 19.1 Å². The van der Waals surface area contributed by atoms with E-state index in [0.29, 0.717) is 22.7 Å². The van der Waals surface area contributed by atoms with E-state index in [1.807, 2.05) is 31.2 Å². The predicted molar refractivity (Wildman–Crippen MR) is 135 cm³/mol. The Kier molecular flexibility index (Phi) is 6.09. The molecule has 3 N–H and O–H groups in total. The highest BCUT2D eigenvalue weighted by molar-refractivity contribution is 5.91. The van der Waals surface area contributed by atoms with Gasteiger partial charge in [0.2, 0.25) is 0 Å². The Balaban J connectivity index is 1.39. The molecule has 4 aromatic rings. The summed E-state index contributed by atoms with van der Waals surface area (Å²) in [6.45, 7) is 3.61. The molecular formula is C26H25FN6O3. The summed E-state index contributed by atoms with van der Waals surface area (Å²) in [5, 5.41) is 18.9. The number of carboxylic acid groups (broad SMARTS) is 1. The highest BCUT2D eigenvalue weighted by Crippen LogP contribution is 2.36. The number of hydrogen-bond donors (Lipinski definition) is 3. The van der Waals surface area contributed by atoms with Crippen LogP contribution in [0.1, 0.15) is 26.2 Å². The van der Waals surface area contributed by atoms with Crippen LogP contribution in [0.25, 0.3) is 22.3 Å². The molecule has 184 valence electrons. The number of anilines is 3. The maximum Gasteiger partial charge on any atom is 0.303 e. The number of carbonyl (C=O) groups is 1. The van der Waals surface area contributed by atoms with E-state index >= 15 is 0 Å². The van der Waals surface area contributed by atoms with E-state index in [0.717, 1.165) is 37.3 Å². The molecule has 2 aromatic heterocycles. The van der Waals surface area contributed by atoms with Crippen LogP contribution in [-0.4, -0.2) is 44.3 Å². The zero-order chi connectivity index (χ0) is 25.3. The second-order valence-electron chi connectivity index (χ2n) is 9.40. The van der Waals surface area contributed by atoms with Crippen molar-refractivity contribution in [3.63, 3.8) is 0 Å². The van der Waals surface area contributed by atoms with Crippen LogP contribution in [0.15, 0.2) is 59.5 Å². The number of carboxylic acids is 1. The van der Waals surface area contributed by atoms with Gasteiger partial charge in [0.1, 0.15) is 22.5 Å². The second kappa shape index (κ2) is 9.37. The highest BCUT2D eigenvalue weighted by Gasteiger charge is 2.32. The van der Waals surface area contributed by atoms with E-state index in [-0.39, 0.29) is 23.0 Å². The molecule has 0 aliphatic carbocycles. The molecule has 0 bridgehead atoms. The van der Waals surface area contributed by atoms with Crippen LogP contribution >= 0.6 is 0 Å². The van der Waals surface area contributed by atoms with Crippen molar-refractivity contribution in [2.45, 2.75) is 26.2 Å². The van der Waals surface area contributed by atoms with Crippen LogP contribution in [0.5, 0.6) is 0 Å². The number of piperidine rings is 1. The van der Waals surface area contributed by atoms with Gasteiger partial charge in [-0.15, -0.1) is 0 Å². The molecule has 1 aliphatic rings. The molecule has 1 fully saturated rings. The third-order valence-electron chi connectivity index (χ3n) is 6.66. The quantitative estimate of drug-likeness (QED) is 0.366. The van der Waals surface area contributed by atoms with Gasteiger partial charge in [-0.05, 0) is 66.8 Å². The van der Waals surface area contributed by atoms with Gasteiger partial charge in [0.15, 0.2) is 5.82 Å². The molecule has 10 heteroatoms. The summed E-state index contributed by atoms with van der Waals surface area (Å²) in [4.78, 5) is 34.9. The Hall–Kier alpha value is -4.34. The Labute approximate surface area is 206 Å². The number of nitrogens with one attached hydrogen (secondary N) is 2. The maximum absolute atomic E-state index is 13.4. The molecule has 0 unspecified atom stereocenters. The van der Waals surface area contributed by atoms with Gasteiger partial charge in [-0.1, -0.05) is 6.92 Å². The smallest absolute Gasteiger partial charge is 0.303 e. The highest BCUT2D eigenvalue weighted by atomic mass is 19.1. The number of aromatic amines is 1. The van der Waals surface area contributed by atoms with Gasteiger partial charge in [-0.25, -0.2) is 19.5 Å². The van der Waals surface area contributed by atoms with Crippen LogP contribution in [0.2, 0.25) is 0 Å². The van der Waals surface area contributed by atoms with Gasteiger partial charge in [-0.3, -0.25) is 9.59 Å². The third kappa shape index (κ3) is 4.88. The fourth-order valence-electron chi connectivity index (χ4n) is 4.56. The van der Waals surface area contributed by atoms with Crippen molar-refractivity contribution in [1.82, 2.24) is 20.2 Å². The summed E-state index contributed by atoms with van der Waals surface area (Å²) in [7, 11) is 0. The van der Waals surface area contributed by atoms with E-state index in [2.05, 4.69) is 30.4 Å². The predicted octanol–water partition coefficient (Wildman–Crippen LogP) is 4.34. The molecule has 0 amide bonds. The Bertz CT molecular complexity index is 1460. The minimum absolute atomic E-state index is 0.179. The summed E-state index contributed by atoms with van der Waals surface area (Å²) in [6.07, 6.45) is 3.27. The molecule has 0 saturated carbocycles. The van der Waals surface area contributed by atoms with Crippen molar-refractivity contribution in [1.29, 1.82) is 0 Å². The number of aliphatic carboxylic acids is 1. The molecule has 5 rings (SSSR count). The first-order valence-corrected chi connectivity index (χ1v) is 11.6. The lowest BCUT2D eigenvalue weighted by Gasteiger charge is -2.39. The topological polar surface area (TPSA) is 124 Å². The monoisotopic (exact) mass is 488 g/mol. The van der Waals surface area contributed by atoms with Crippen molar-refractivity contribution in [2.75, 3.05) is 23.3 Å². The first kappa shape index (κ1) is 23.4. The summed E-state index contributed by atoms with van der Waals surface area (Å²) in [6, 6.07) is 13.6. The largest absolute Gasteiger partial charge is 0.481 e. The summed E-state index contributed by atoms with van der Waals surface area (Å²) in [5.74, 6) is -0.461. The standard InChI is InChI=1S/C26H25FN6O3/c1-26(14-21(34)35)10-12-33(13-11-26)19-8-6-18(7-9-19)29-24-22-20(15-28-32-25(22)36)30-23(31-24)16-2-4-17(27)5-3-16/h2-9,15H,10-14H2,1H3,(H,32,36)(H,34,35)(H,29,30,31). The van der Waals surface area contributed by atoms with Crippen LogP contribution in [0.4, 0.5) is 21.6 Å². The molecule has 2 aromatic carbocycles. The van der Waals surface area contributed by atoms with E-state index < -0.39 is 11.5 Å².